The Labute approximate surface area is 116 Å². The van der Waals surface area contributed by atoms with Crippen molar-refractivity contribution < 1.29 is 9.84 Å². The highest BCUT2D eigenvalue weighted by Gasteiger charge is 2.25. The van der Waals surface area contributed by atoms with E-state index in [1.54, 1.807) is 0 Å². The van der Waals surface area contributed by atoms with Crippen molar-refractivity contribution in [3.8, 4) is 5.75 Å². The maximum atomic E-state index is 9.57. The van der Waals surface area contributed by atoms with Gasteiger partial charge < -0.3 is 14.7 Å². The fourth-order valence-corrected chi connectivity index (χ4v) is 2.65. The number of para-hydroxylation sites is 1. The molecule has 0 radical (unpaired) electrons. The van der Waals surface area contributed by atoms with Crippen molar-refractivity contribution in [2.75, 3.05) is 26.2 Å². The van der Waals surface area contributed by atoms with Crippen LogP contribution in [-0.2, 0) is 0 Å². The maximum absolute atomic E-state index is 9.57. The first-order chi connectivity index (χ1) is 9.16. The van der Waals surface area contributed by atoms with Crippen LogP contribution in [0.4, 0.5) is 0 Å². The third-order valence-corrected chi connectivity index (χ3v) is 3.96. The Bertz CT molecular complexity index is 392. The molecule has 1 fully saturated rings. The third kappa shape index (κ3) is 4.22. The van der Waals surface area contributed by atoms with Gasteiger partial charge in [-0.2, -0.15) is 0 Å². The second kappa shape index (κ2) is 6.92. The van der Waals surface area contributed by atoms with Crippen LogP contribution >= 0.6 is 0 Å². The van der Waals surface area contributed by atoms with E-state index in [0.717, 1.165) is 44.8 Å². The van der Waals surface area contributed by atoms with Gasteiger partial charge in [0.25, 0.3) is 0 Å². The summed E-state index contributed by atoms with van der Waals surface area (Å²) in [5, 5.41) is 9.57. The van der Waals surface area contributed by atoms with Gasteiger partial charge >= 0.3 is 0 Å². The maximum Gasteiger partial charge on any atom is 0.122 e. The molecule has 3 nitrogen and oxygen atoms in total. The number of aryl methyl sites for hydroxylation is 1. The van der Waals surface area contributed by atoms with Gasteiger partial charge in [-0.25, -0.2) is 0 Å². The second-order valence-corrected chi connectivity index (χ2v) is 5.56. The lowest BCUT2D eigenvalue weighted by Gasteiger charge is -2.17. The Kier molecular flexibility index (Phi) is 5.23. The topological polar surface area (TPSA) is 32.7 Å². The molecule has 0 bridgehead atoms. The third-order valence-electron chi connectivity index (χ3n) is 3.96. The van der Waals surface area contributed by atoms with Crippen LogP contribution in [0.15, 0.2) is 24.3 Å². The van der Waals surface area contributed by atoms with Crippen molar-refractivity contribution in [3.05, 3.63) is 29.8 Å². The van der Waals surface area contributed by atoms with Crippen molar-refractivity contribution in [1.82, 2.24) is 4.90 Å². The number of rotatable bonds is 6. The Morgan fingerprint density at radius 1 is 1.42 bits per heavy atom. The normalized spacial score (nSPS) is 21.5. The molecular weight excluding hydrogens is 238 g/mol. The second-order valence-electron chi connectivity index (χ2n) is 5.56. The molecule has 19 heavy (non-hydrogen) atoms. The van der Waals surface area contributed by atoms with E-state index in [4.69, 9.17) is 4.74 Å². The molecule has 1 N–H and O–H groups in total. The van der Waals surface area contributed by atoms with Gasteiger partial charge in [0.1, 0.15) is 5.75 Å². The number of benzene rings is 1. The first-order valence-electron chi connectivity index (χ1n) is 7.25. The lowest BCUT2D eigenvalue weighted by Crippen LogP contribution is -2.26. The van der Waals surface area contributed by atoms with Crippen LogP contribution < -0.4 is 4.74 Å². The molecule has 0 aliphatic carbocycles. The minimum Gasteiger partial charge on any atom is -0.493 e. The highest BCUT2D eigenvalue weighted by atomic mass is 16.5. The number of ether oxygens (including phenoxy) is 1. The molecule has 106 valence electrons. The average Bonchev–Trinajstić information content (AvgIpc) is 2.85. The fraction of sp³-hybridized carbons (Fsp3) is 0.625. The zero-order chi connectivity index (χ0) is 13.7. The molecule has 1 aliphatic heterocycles. The molecule has 1 aromatic rings. The molecule has 3 heteroatoms. The molecular formula is C16H25NO2. The monoisotopic (exact) mass is 263 g/mol. The van der Waals surface area contributed by atoms with Crippen molar-refractivity contribution in [1.29, 1.82) is 0 Å². The van der Waals surface area contributed by atoms with E-state index in [-0.39, 0.29) is 6.10 Å². The summed E-state index contributed by atoms with van der Waals surface area (Å²) in [7, 11) is 0. The molecule has 0 aromatic heterocycles. The summed E-state index contributed by atoms with van der Waals surface area (Å²) in [6.45, 7) is 7.94. The van der Waals surface area contributed by atoms with Crippen molar-refractivity contribution in [2.45, 2.75) is 32.8 Å². The predicted octanol–water partition coefficient (Wildman–Crippen LogP) is 2.47. The van der Waals surface area contributed by atoms with E-state index in [9.17, 15) is 5.11 Å². The van der Waals surface area contributed by atoms with E-state index < -0.39 is 0 Å². The van der Waals surface area contributed by atoms with E-state index in [1.807, 2.05) is 25.1 Å². The van der Waals surface area contributed by atoms with Gasteiger partial charge in [-0.05, 0) is 50.8 Å². The molecule has 1 heterocycles. The van der Waals surface area contributed by atoms with Crippen LogP contribution in [0.25, 0.3) is 0 Å². The van der Waals surface area contributed by atoms with Gasteiger partial charge in [0, 0.05) is 13.1 Å². The number of nitrogens with zero attached hydrogens (tertiary/aromatic N) is 1. The minimum atomic E-state index is -0.173. The standard InChI is InChI=1S/C16H25NO2/c1-13-6-3-4-7-16(13)19-11-5-9-17-10-8-15(12-17)14(2)18/h3-4,6-7,14-15,18H,5,8-12H2,1-2H3. The van der Waals surface area contributed by atoms with Gasteiger partial charge in [-0.15, -0.1) is 0 Å². The lowest BCUT2D eigenvalue weighted by atomic mass is 10.0. The number of aliphatic hydroxyl groups is 1. The van der Waals surface area contributed by atoms with Crippen molar-refractivity contribution in [3.63, 3.8) is 0 Å². The van der Waals surface area contributed by atoms with E-state index in [2.05, 4.69) is 17.9 Å². The largest absolute Gasteiger partial charge is 0.493 e. The first-order valence-corrected chi connectivity index (χ1v) is 7.25. The first kappa shape index (κ1) is 14.4. The molecule has 2 atom stereocenters. The van der Waals surface area contributed by atoms with Crippen LogP contribution in [0.3, 0.4) is 0 Å². The highest BCUT2D eigenvalue weighted by Crippen LogP contribution is 2.20. The van der Waals surface area contributed by atoms with E-state index >= 15 is 0 Å². The molecule has 0 amide bonds. The van der Waals surface area contributed by atoms with Gasteiger partial charge in [0.2, 0.25) is 0 Å². The number of hydrogen-bond acceptors (Lipinski definition) is 3. The summed E-state index contributed by atoms with van der Waals surface area (Å²) in [5.74, 6) is 1.45. The summed E-state index contributed by atoms with van der Waals surface area (Å²) >= 11 is 0. The quantitative estimate of drug-likeness (QED) is 0.800. The zero-order valence-corrected chi connectivity index (χ0v) is 12.0. The number of hydrogen-bond donors (Lipinski definition) is 1. The number of aliphatic hydroxyl groups excluding tert-OH is 1. The molecule has 0 saturated carbocycles. The molecule has 2 rings (SSSR count). The summed E-state index contributed by atoms with van der Waals surface area (Å²) in [4.78, 5) is 2.43. The van der Waals surface area contributed by atoms with Crippen LogP contribution in [0.1, 0.15) is 25.3 Å². The van der Waals surface area contributed by atoms with Gasteiger partial charge in [0.15, 0.2) is 0 Å². The van der Waals surface area contributed by atoms with E-state index in [1.165, 1.54) is 5.56 Å². The van der Waals surface area contributed by atoms with Crippen molar-refractivity contribution >= 4 is 0 Å². The molecule has 1 aromatic carbocycles. The van der Waals surface area contributed by atoms with Gasteiger partial charge in [-0.3, -0.25) is 0 Å². The summed E-state index contributed by atoms with van der Waals surface area (Å²) in [6.07, 6.45) is 1.99. The average molecular weight is 263 g/mol. The Balaban J connectivity index is 1.64. The Morgan fingerprint density at radius 2 is 2.21 bits per heavy atom. The van der Waals surface area contributed by atoms with Gasteiger partial charge in [-0.1, -0.05) is 18.2 Å². The lowest BCUT2D eigenvalue weighted by molar-refractivity contribution is 0.127. The highest BCUT2D eigenvalue weighted by molar-refractivity contribution is 5.31. The fourth-order valence-electron chi connectivity index (χ4n) is 2.65. The van der Waals surface area contributed by atoms with Gasteiger partial charge in [0.05, 0.1) is 12.7 Å². The van der Waals surface area contributed by atoms with Crippen LogP contribution in [-0.4, -0.2) is 42.4 Å². The summed E-state index contributed by atoms with van der Waals surface area (Å²) < 4.78 is 5.79. The Morgan fingerprint density at radius 3 is 2.89 bits per heavy atom. The molecule has 1 saturated heterocycles. The van der Waals surface area contributed by atoms with Crippen molar-refractivity contribution in [2.24, 2.45) is 5.92 Å². The van der Waals surface area contributed by atoms with Crippen LogP contribution in [0, 0.1) is 12.8 Å². The van der Waals surface area contributed by atoms with Crippen LogP contribution in [0.2, 0.25) is 0 Å². The SMILES string of the molecule is Cc1ccccc1OCCCN1CCC(C(C)O)C1. The molecule has 1 aliphatic rings. The predicted molar refractivity (Wildman–Crippen MR) is 77.5 cm³/mol. The smallest absolute Gasteiger partial charge is 0.122 e. The molecule has 2 unspecified atom stereocenters. The summed E-state index contributed by atoms with van der Waals surface area (Å²) in [5.41, 5.74) is 1.19. The molecule has 0 spiro atoms. The minimum absolute atomic E-state index is 0.173. The number of likely N-dealkylation sites (tertiary alicyclic amines) is 1. The Hall–Kier alpha value is -1.06. The zero-order valence-electron chi connectivity index (χ0n) is 12.0. The van der Waals surface area contributed by atoms with E-state index in [0.29, 0.717) is 5.92 Å². The van der Waals surface area contributed by atoms with Crippen LogP contribution in [0.5, 0.6) is 5.75 Å². The summed E-state index contributed by atoms with van der Waals surface area (Å²) in [6, 6.07) is 8.14.